The van der Waals surface area contributed by atoms with Crippen LogP contribution in [0.15, 0.2) is 47.4 Å². The molecular weight excluding hydrogens is 410 g/mol. The van der Waals surface area contributed by atoms with Crippen molar-refractivity contribution in [3.63, 3.8) is 0 Å². The summed E-state index contributed by atoms with van der Waals surface area (Å²) >= 11 is 5.86. The van der Waals surface area contributed by atoms with Gasteiger partial charge in [0, 0.05) is 23.9 Å². The molecular formula is C20H19ClF2O4S. The molecule has 4 nitrogen and oxygen atoms in total. The Morgan fingerprint density at radius 2 is 1.86 bits per heavy atom. The van der Waals surface area contributed by atoms with Crippen LogP contribution in [0, 0.1) is 11.6 Å². The number of hydrogen-bond acceptors (Lipinski definition) is 4. The Bertz CT molecular complexity index is 992. The molecule has 3 rings (SSSR count). The number of sulfone groups is 1. The van der Waals surface area contributed by atoms with Gasteiger partial charge in [-0.1, -0.05) is 11.6 Å². The number of ether oxygens (including phenoxy) is 1. The molecule has 2 atom stereocenters. The second-order valence-electron chi connectivity index (χ2n) is 6.90. The highest BCUT2D eigenvalue weighted by Gasteiger charge is 2.51. The van der Waals surface area contributed by atoms with E-state index in [4.69, 9.17) is 16.3 Å². The van der Waals surface area contributed by atoms with Crippen molar-refractivity contribution in [1.82, 2.24) is 0 Å². The minimum absolute atomic E-state index is 0.0518. The van der Waals surface area contributed by atoms with E-state index in [1.165, 1.54) is 31.2 Å². The Morgan fingerprint density at radius 3 is 2.50 bits per heavy atom. The maximum Gasteiger partial charge on any atom is 0.302 e. The molecule has 2 aromatic rings. The van der Waals surface area contributed by atoms with Gasteiger partial charge < -0.3 is 4.74 Å². The molecule has 0 heterocycles. The highest BCUT2D eigenvalue weighted by Crippen LogP contribution is 2.48. The normalized spacial score (nSPS) is 22.6. The number of halogens is 3. The first-order chi connectivity index (χ1) is 13.2. The van der Waals surface area contributed by atoms with Gasteiger partial charge in [0.1, 0.15) is 22.5 Å². The summed E-state index contributed by atoms with van der Waals surface area (Å²) in [5.74, 6) is -2.11. The molecule has 1 fully saturated rings. The summed E-state index contributed by atoms with van der Waals surface area (Å²) < 4.78 is 59.5. The van der Waals surface area contributed by atoms with Crippen LogP contribution in [-0.2, 0) is 24.1 Å². The van der Waals surface area contributed by atoms with Crippen LogP contribution in [0.3, 0.4) is 0 Å². The fourth-order valence-corrected chi connectivity index (χ4v) is 6.18. The number of esters is 1. The minimum Gasteiger partial charge on any atom is -0.462 e. The highest BCUT2D eigenvalue weighted by molar-refractivity contribution is 7.92. The van der Waals surface area contributed by atoms with E-state index in [9.17, 15) is 22.0 Å². The van der Waals surface area contributed by atoms with E-state index >= 15 is 0 Å². The SMILES string of the molecule is CC(=O)O[C@@H]1CCC[C@](c2cc(F)ccc2F)(S(=O)(=O)c2ccc(Cl)cc2)C1. The maximum atomic E-state index is 14.7. The summed E-state index contributed by atoms with van der Waals surface area (Å²) in [6.07, 6.45) is 0.0411. The van der Waals surface area contributed by atoms with Gasteiger partial charge in [-0.15, -0.1) is 0 Å². The third-order valence-electron chi connectivity index (χ3n) is 5.05. The van der Waals surface area contributed by atoms with E-state index in [1.54, 1.807) is 0 Å². The summed E-state index contributed by atoms with van der Waals surface area (Å²) in [4.78, 5) is 11.4. The zero-order chi connectivity index (χ0) is 20.5. The van der Waals surface area contributed by atoms with Crippen molar-refractivity contribution in [2.45, 2.75) is 48.4 Å². The zero-order valence-electron chi connectivity index (χ0n) is 15.1. The molecule has 0 bridgehead atoms. The Kier molecular flexibility index (Phi) is 5.77. The van der Waals surface area contributed by atoms with Gasteiger partial charge in [0.2, 0.25) is 0 Å². The monoisotopic (exact) mass is 428 g/mol. The second-order valence-corrected chi connectivity index (χ2v) is 9.60. The molecule has 8 heteroatoms. The average molecular weight is 429 g/mol. The summed E-state index contributed by atoms with van der Waals surface area (Å²) in [6.45, 7) is 1.23. The lowest BCUT2D eigenvalue weighted by Gasteiger charge is -2.40. The summed E-state index contributed by atoms with van der Waals surface area (Å²) in [7, 11) is -4.16. The predicted octanol–water partition coefficient (Wildman–Crippen LogP) is 4.79. The van der Waals surface area contributed by atoms with E-state index in [2.05, 4.69) is 0 Å². The van der Waals surface area contributed by atoms with Gasteiger partial charge in [-0.25, -0.2) is 17.2 Å². The lowest BCUT2D eigenvalue weighted by Crippen LogP contribution is -2.44. The average Bonchev–Trinajstić information content (AvgIpc) is 2.63. The van der Waals surface area contributed by atoms with Crippen LogP contribution >= 0.6 is 11.6 Å². The third kappa shape index (κ3) is 3.78. The van der Waals surface area contributed by atoms with Crippen molar-refractivity contribution >= 4 is 27.4 Å². The molecule has 0 spiro atoms. The van der Waals surface area contributed by atoms with Crippen LogP contribution in [-0.4, -0.2) is 20.5 Å². The van der Waals surface area contributed by atoms with Crippen molar-refractivity contribution in [3.05, 3.63) is 64.7 Å². The van der Waals surface area contributed by atoms with Crippen LogP contribution in [0.2, 0.25) is 5.02 Å². The minimum atomic E-state index is -4.16. The third-order valence-corrected chi connectivity index (χ3v) is 7.82. The molecule has 0 amide bonds. The molecule has 28 heavy (non-hydrogen) atoms. The van der Waals surface area contributed by atoms with Gasteiger partial charge in [0.25, 0.3) is 0 Å². The summed E-state index contributed by atoms with van der Waals surface area (Å²) in [6, 6.07) is 8.30. The fourth-order valence-electron chi connectivity index (χ4n) is 3.84. The van der Waals surface area contributed by atoms with E-state index in [0.717, 1.165) is 18.2 Å². The Hall–Kier alpha value is -1.99. The van der Waals surface area contributed by atoms with Gasteiger partial charge in [-0.3, -0.25) is 4.79 Å². The molecule has 1 aliphatic rings. The molecule has 0 N–H and O–H groups in total. The molecule has 150 valence electrons. The predicted molar refractivity (Wildman–Crippen MR) is 101 cm³/mol. The summed E-state index contributed by atoms with van der Waals surface area (Å²) in [5.41, 5.74) is -0.251. The highest BCUT2D eigenvalue weighted by atomic mass is 35.5. The maximum absolute atomic E-state index is 14.7. The van der Waals surface area contributed by atoms with Crippen molar-refractivity contribution in [1.29, 1.82) is 0 Å². The topological polar surface area (TPSA) is 60.4 Å². The molecule has 2 aromatic carbocycles. The lowest BCUT2D eigenvalue weighted by atomic mass is 9.81. The van der Waals surface area contributed by atoms with Crippen LogP contribution < -0.4 is 0 Å². The van der Waals surface area contributed by atoms with Crippen molar-refractivity contribution in [2.24, 2.45) is 0 Å². The molecule has 0 radical (unpaired) electrons. The molecule has 0 aromatic heterocycles. The largest absolute Gasteiger partial charge is 0.462 e. The van der Waals surface area contributed by atoms with Gasteiger partial charge in [0.05, 0.1) is 4.90 Å². The number of carbonyl (C=O) groups excluding carboxylic acids is 1. The van der Waals surface area contributed by atoms with Crippen LogP contribution in [0.4, 0.5) is 8.78 Å². The number of carbonyl (C=O) groups is 1. The van der Waals surface area contributed by atoms with E-state index in [-0.39, 0.29) is 23.3 Å². The van der Waals surface area contributed by atoms with Crippen LogP contribution in [0.25, 0.3) is 0 Å². The zero-order valence-corrected chi connectivity index (χ0v) is 16.7. The number of rotatable bonds is 4. The first-order valence-electron chi connectivity index (χ1n) is 8.79. The van der Waals surface area contributed by atoms with Gasteiger partial charge >= 0.3 is 5.97 Å². The Morgan fingerprint density at radius 1 is 1.18 bits per heavy atom. The van der Waals surface area contributed by atoms with Crippen LogP contribution in [0.1, 0.15) is 38.2 Å². The summed E-state index contributed by atoms with van der Waals surface area (Å²) in [5, 5.41) is 0.353. The molecule has 1 aliphatic carbocycles. The van der Waals surface area contributed by atoms with Crippen molar-refractivity contribution in [3.8, 4) is 0 Å². The van der Waals surface area contributed by atoms with Gasteiger partial charge in [-0.05, 0) is 61.7 Å². The first kappa shape index (κ1) is 20.7. The number of hydrogen-bond donors (Lipinski definition) is 0. The van der Waals surface area contributed by atoms with E-state index in [1.807, 2.05) is 0 Å². The van der Waals surface area contributed by atoms with Crippen molar-refractivity contribution < 1.29 is 26.7 Å². The Labute approximate surface area is 167 Å². The Balaban J connectivity index is 2.21. The van der Waals surface area contributed by atoms with Gasteiger partial charge in [-0.2, -0.15) is 0 Å². The molecule has 0 unspecified atom stereocenters. The standard InChI is InChI=1S/C20H19ClF2O4S/c1-13(24)27-16-3-2-10-20(12-16,18-11-15(22)6-9-19(18)23)28(25,26)17-7-4-14(21)5-8-17/h4-9,11,16H,2-3,10,12H2,1H3/t16-,20+/m1/s1. The van der Waals surface area contributed by atoms with Gasteiger partial charge in [0.15, 0.2) is 9.84 Å². The lowest BCUT2D eigenvalue weighted by molar-refractivity contribution is -0.148. The fraction of sp³-hybridized carbons (Fsp3) is 0.350. The first-order valence-corrected chi connectivity index (χ1v) is 10.6. The van der Waals surface area contributed by atoms with E-state index in [0.29, 0.717) is 17.9 Å². The molecule has 1 saturated carbocycles. The smallest absolute Gasteiger partial charge is 0.302 e. The second kappa shape index (κ2) is 7.79. The van der Waals surface area contributed by atoms with Crippen molar-refractivity contribution in [2.75, 3.05) is 0 Å². The van der Waals surface area contributed by atoms with Crippen LogP contribution in [0.5, 0.6) is 0 Å². The number of benzene rings is 2. The quantitative estimate of drug-likeness (QED) is 0.657. The molecule has 0 saturated heterocycles. The molecule has 0 aliphatic heterocycles. The van der Waals surface area contributed by atoms with E-state index < -0.39 is 38.3 Å².